The largest absolute Gasteiger partial charge is 0.351 e. The molecule has 1 aromatic carbocycles. The van der Waals surface area contributed by atoms with E-state index in [1.54, 1.807) is 13.1 Å². The van der Waals surface area contributed by atoms with Gasteiger partial charge >= 0.3 is 0 Å². The van der Waals surface area contributed by atoms with E-state index < -0.39 is 0 Å². The number of nitrogens with one attached hydrogen (secondary N) is 2. The van der Waals surface area contributed by atoms with Crippen LogP contribution in [0.15, 0.2) is 22.7 Å². The lowest BCUT2D eigenvalue weighted by Crippen LogP contribution is -2.31. The molecular weight excluding hydrogens is 263 g/mol. The van der Waals surface area contributed by atoms with Crippen molar-refractivity contribution < 1.29 is 9.18 Å². The molecule has 0 heterocycles. The molecule has 0 bridgehead atoms. The number of likely N-dealkylation sites (N-methyl/N-ethyl adjacent to an activating group) is 1. The summed E-state index contributed by atoms with van der Waals surface area (Å²) >= 11 is 3.29. The molecule has 0 aliphatic carbocycles. The van der Waals surface area contributed by atoms with Crippen LogP contribution in [0.1, 0.15) is 5.56 Å². The summed E-state index contributed by atoms with van der Waals surface area (Å²) < 4.78 is 13.7. The second kappa shape index (κ2) is 5.82. The van der Waals surface area contributed by atoms with Crippen LogP contribution in [0.25, 0.3) is 0 Å². The molecule has 15 heavy (non-hydrogen) atoms. The molecule has 0 aliphatic heterocycles. The number of hydrogen-bond donors (Lipinski definition) is 2. The highest BCUT2D eigenvalue weighted by molar-refractivity contribution is 9.10. The lowest BCUT2D eigenvalue weighted by atomic mass is 10.2. The Morgan fingerprint density at radius 3 is 2.93 bits per heavy atom. The molecule has 1 rings (SSSR count). The van der Waals surface area contributed by atoms with Crippen LogP contribution in [0.4, 0.5) is 4.39 Å². The lowest BCUT2D eigenvalue weighted by Gasteiger charge is -2.06. The van der Waals surface area contributed by atoms with E-state index in [4.69, 9.17) is 0 Å². The maximum atomic E-state index is 12.9. The zero-order valence-electron chi connectivity index (χ0n) is 8.31. The van der Waals surface area contributed by atoms with Crippen LogP contribution in [0, 0.1) is 5.82 Å². The van der Waals surface area contributed by atoms with Gasteiger partial charge in [0.25, 0.3) is 0 Å². The third-order valence-electron chi connectivity index (χ3n) is 1.82. The Kier molecular flexibility index (Phi) is 4.71. The van der Waals surface area contributed by atoms with E-state index in [2.05, 4.69) is 26.6 Å². The van der Waals surface area contributed by atoms with Crippen LogP contribution in [-0.4, -0.2) is 19.5 Å². The predicted octanol–water partition coefficient (Wildman–Crippen LogP) is 1.42. The van der Waals surface area contributed by atoms with Crippen LogP contribution in [0.5, 0.6) is 0 Å². The summed E-state index contributed by atoms with van der Waals surface area (Å²) in [5.74, 6) is -0.426. The molecule has 2 N–H and O–H groups in total. The van der Waals surface area contributed by atoms with Gasteiger partial charge in [0, 0.05) is 11.0 Å². The van der Waals surface area contributed by atoms with Crippen molar-refractivity contribution in [3.63, 3.8) is 0 Å². The Labute approximate surface area is 96.2 Å². The standard InChI is InChI=1S/C10H12BrFN2O/c1-13-6-10(15)14-5-7-4-8(12)2-3-9(7)11/h2-4,13H,5-6H2,1H3,(H,14,15). The number of amides is 1. The fourth-order valence-electron chi connectivity index (χ4n) is 1.10. The summed E-state index contributed by atoms with van der Waals surface area (Å²) in [6.45, 7) is 0.575. The first-order chi connectivity index (χ1) is 7.13. The minimum absolute atomic E-state index is 0.117. The number of carbonyl (C=O) groups is 1. The number of carbonyl (C=O) groups excluding carboxylic acids is 1. The third-order valence-corrected chi connectivity index (χ3v) is 2.59. The van der Waals surface area contributed by atoms with Crippen LogP contribution in [-0.2, 0) is 11.3 Å². The van der Waals surface area contributed by atoms with Gasteiger partial charge in [0.05, 0.1) is 6.54 Å². The third kappa shape index (κ3) is 3.97. The Balaban J connectivity index is 2.57. The predicted molar refractivity (Wildman–Crippen MR) is 59.9 cm³/mol. The molecule has 1 aromatic rings. The van der Waals surface area contributed by atoms with Crippen LogP contribution in [0.2, 0.25) is 0 Å². The van der Waals surface area contributed by atoms with Crippen molar-refractivity contribution in [2.24, 2.45) is 0 Å². The molecule has 0 radical (unpaired) electrons. The Bertz CT molecular complexity index is 357. The highest BCUT2D eigenvalue weighted by Crippen LogP contribution is 2.17. The fraction of sp³-hybridized carbons (Fsp3) is 0.300. The van der Waals surface area contributed by atoms with Crippen molar-refractivity contribution >= 4 is 21.8 Å². The van der Waals surface area contributed by atoms with Gasteiger partial charge in [-0.15, -0.1) is 0 Å². The molecule has 3 nitrogen and oxygen atoms in total. The summed E-state index contributed by atoms with van der Waals surface area (Å²) in [5, 5.41) is 5.40. The van der Waals surface area contributed by atoms with Crippen molar-refractivity contribution in [1.29, 1.82) is 0 Å². The summed E-state index contributed by atoms with van der Waals surface area (Å²) in [7, 11) is 1.69. The van der Waals surface area contributed by atoms with E-state index in [0.717, 1.165) is 10.0 Å². The van der Waals surface area contributed by atoms with Crippen LogP contribution in [0.3, 0.4) is 0 Å². The topological polar surface area (TPSA) is 41.1 Å². The summed E-state index contributed by atoms with van der Waals surface area (Å²) in [4.78, 5) is 11.1. The Morgan fingerprint density at radius 1 is 1.53 bits per heavy atom. The second-order valence-corrected chi connectivity index (χ2v) is 3.90. The maximum Gasteiger partial charge on any atom is 0.234 e. The highest BCUT2D eigenvalue weighted by atomic mass is 79.9. The first-order valence-electron chi connectivity index (χ1n) is 4.48. The molecule has 0 spiro atoms. The average molecular weight is 275 g/mol. The smallest absolute Gasteiger partial charge is 0.234 e. The van der Waals surface area contributed by atoms with Gasteiger partial charge in [0.2, 0.25) is 5.91 Å². The fourth-order valence-corrected chi connectivity index (χ4v) is 1.48. The van der Waals surface area contributed by atoms with Crippen LogP contribution < -0.4 is 10.6 Å². The second-order valence-electron chi connectivity index (χ2n) is 3.04. The molecular formula is C10H12BrFN2O. The minimum atomic E-state index is -0.309. The van der Waals surface area contributed by atoms with E-state index in [9.17, 15) is 9.18 Å². The summed E-state index contributed by atoms with van der Waals surface area (Å²) in [6.07, 6.45) is 0. The number of rotatable bonds is 4. The van der Waals surface area contributed by atoms with Crippen molar-refractivity contribution in [3.8, 4) is 0 Å². The van der Waals surface area contributed by atoms with E-state index >= 15 is 0 Å². The molecule has 0 atom stereocenters. The maximum absolute atomic E-state index is 12.9. The van der Waals surface area contributed by atoms with Gasteiger partial charge < -0.3 is 10.6 Å². The number of hydrogen-bond acceptors (Lipinski definition) is 2. The van der Waals surface area contributed by atoms with Gasteiger partial charge in [-0.3, -0.25) is 4.79 Å². The Hall–Kier alpha value is -0.940. The van der Waals surface area contributed by atoms with Gasteiger partial charge in [-0.05, 0) is 30.8 Å². The average Bonchev–Trinajstić information content (AvgIpc) is 2.20. The molecule has 82 valence electrons. The first kappa shape index (κ1) is 12.1. The number of benzene rings is 1. The lowest BCUT2D eigenvalue weighted by molar-refractivity contribution is -0.120. The minimum Gasteiger partial charge on any atom is -0.351 e. The van der Waals surface area contributed by atoms with Crippen molar-refractivity contribution in [2.75, 3.05) is 13.6 Å². The van der Waals surface area contributed by atoms with Gasteiger partial charge in [-0.1, -0.05) is 15.9 Å². The zero-order chi connectivity index (χ0) is 11.3. The summed E-state index contributed by atoms with van der Waals surface area (Å²) in [5.41, 5.74) is 0.722. The zero-order valence-corrected chi connectivity index (χ0v) is 9.90. The van der Waals surface area contributed by atoms with Gasteiger partial charge in [0.1, 0.15) is 5.82 Å². The van der Waals surface area contributed by atoms with E-state index in [0.29, 0.717) is 6.54 Å². The quantitative estimate of drug-likeness (QED) is 0.872. The molecule has 0 aliphatic rings. The normalized spacial score (nSPS) is 10.1. The molecule has 1 amide bonds. The first-order valence-corrected chi connectivity index (χ1v) is 5.28. The van der Waals surface area contributed by atoms with Gasteiger partial charge in [-0.2, -0.15) is 0 Å². The molecule has 0 fully saturated rings. The molecule has 0 aromatic heterocycles. The van der Waals surface area contributed by atoms with Crippen molar-refractivity contribution in [3.05, 3.63) is 34.1 Å². The van der Waals surface area contributed by atoms with Crippen LogP contribution >= 0.6 is 15.9 Å². The molecule has 0 saturated heterocycles. The van der Waals surface area contributed by atoms with E-state index in [-0.39, 0.29) is 18.3 Å². The van der Waals surface area contributed by atoms with Crippen molar-refractivity contribution in [2.45, 2.75) is 6.54 Å². The van der Waals surface area contributed by atoms with Gasteiger partial charge in [0.15, 0.2) is 0 Å². The monoisotopic (exact) mass is 274 g/mol. The highest BCUT2D eigenvalue weighted by Gasteiger charge is 2.03. The summed E-state index contributed by atoms with van der Waals surface area (Å²) in [6, 6.07) is 4.38. The van der Waals surface area contributed by atoms with Gasteiger partial charge in [-0.25, -0.2) is 4.39 Å². The van der Waals surface area contributed by atoms with Crippen molar-refractivity contribution in [1.82, 2.24) is 10.6 Å². The molecule has 0 saturated carbocycles. The SMILES string of the molecule is CNCC(=O)NCc1cc(F)ccc1Br. The van der Waals surface area contributed by atoms with E-state index in [1.165, 1.54) is 12.1 Å². The Morgan fingerprint density at radius 2 is 2.27 bits per heavy atom. The molecule has 5 heteroatoms. The van der Waals surface area contributed by atoms with E-state index in [1.807, 2.05) is 0 Å². The number of halogens is 2. The molecule has 0 unspecified atom stereocenters.